The van der Waals surface area contributed by atoms with Crippen molar-refractivity contribution < 1.29 is 18.5 Å². The van der Waals surface area contributed by atoms with Crippen molar-refractivity contribution in [3.8, 4) is 17.1 Å². The highest BCUT2D eigenvalue weighted by atomic mass is 16.5. The number of ether oxygens (including phenoxy) is 1. The largest absolute Gasteiger partial charge is 0.494 e. The number of rotatable bonds is 8. The highest BCUT2D eigenvalue weighted by molar-refractivity contribution is 5.93. The normalized spacial score (nSPS) is 10.7. The van der Waals surface area contributed by atoms with E-state index < -0.39 is 0 Å². The number of benzene rings is 2. The van der Waals surface area contributed by atoms with E-state index in [0.29, 0.717) is 31.2 Å². The van der Waals surface area contributed by atoms with Crippen molar-refractivity contribution in [1.29, 1.82) is 0 Å². The van der Waals surface area contributed by atoms with E-state index in [-0.39, 0.29) is 11.6 Å². The molecule has 1 amide bonds. The van der Waals surface area contributed by atoms with Crippen molar-refractivity contribution in [2.24, 2.45) is 0 Å². The molecule has 0 fully saturated rings. The van der Waals surface area contributed by atoms with Gasteiger partial charge in [0.25, 0.3) is 5.91 Å². The number of hydrogen-bond donors (Lipinski definition) is 0. The molecule has 0 saturated heterocycles. The Balaban J connectivity index is 1.55. The summed E-state index contributed by atoms with van der Waals surface area (Å²) in [6, 6.07) is 22.6. The summed E-state index contributed by atoms with van der Waals surface area (Å²) in [7, 11) is 0. The first kappa shape index (κ1) is 19.5. The minimum absolute atomic E-state index is 0.226. The van der Waals surface area contributed by atoms with E-state index in [1.807, 2.05) is 67.6 Å². The molecular weight excluding hydrogens is 380 g/mol. The quantitative estimate of drug-likeness (QED) is 0.406. The lowest BCUT2D eigenvalue weighted by atomic mass is 10.1. The molecule has 0 aliphatic rings. The van der Waals surface area contributed by atoms with Crippen LogP contribution in [0.4, 0.5) is 0 Å². The Labute approximate surface area is 174 Å². The second-order valence-electron chi connectivity index (χ2n) is 6.76. The van der Waals surface area contributed by atoms with Crippen LogP contribution >= 0.6 is 0 Å². The van der Waals surface area contributed by atoms with Crippen LogP contribution in [-0.4, -0.2) is 22.6 Å². The lowest BCUT2D eigenvalue weighted by Gasteiger charge is -2.20. The van der Waals surface area contributed by atoms with Crippen LogP contribution in [0.2, 0.25) is 0 Å². The number of hydrogen-bond acceptors (Lipinski definition) is 5. The molecule has 30 heavy (non-hydrogen) atoms. The van der Waals surface area contributed by atoms with Gasteiger partial charge in [0.2, 0.25) is 0 Å². The van der Waals surface area contributed by atoms with Gasteiger partial charge in [-0.1, -0.05) is 35.5 Å². The van der Waals surface area contributed by atoms with E-state index in [1.54, 1.807) is 23.3 Å². The molecule has 0 radical (unpaired) electrons. The molecule has 0 unspecified atom stereocenters. The summed E-state index contributed by atoms with van der Waals surface area (Å²) in [6.45, 7) is 3.32. The van der Waals surface area contributed by atoms with E-state index in [1.165, 1.54) is 0 Å². The minimum Gasteiger partial charge on any atom is -0.494 e. The summed E-state index contributed by atoms with van der Waals surface area (Å²) in [4.78, 5) is 14.9. The van der Waals surface area contributed by atoms with Crippen molar-refractivity contribution in [1.82, 2.24) is 10.1 Å². The van der Waals surface area contributed by atoms with E-state index in [0.717, 1.165) is 16.9 Å². The molecule has 0 atom stereocenters. The van der Waals surface area contributed by atoms with Crippen LogP contribution in [0.3, 0.4) is 0 Å². The van der Waals surface area contributed by atoms with Crippen molar-refractivity contribution >= 4 is 5.91 Å². The molecule has 0 spiro atoms. The van der Waals surface area contributed by atoms with Crippen LogP contribution < -0.4 is 4.74 Å². The predicted octanol–water partition coefficient (Wildman–Crippen LogP) is 5.18. The second-order valence-corrected chi connectivity index (χ2v) is 6.76. The minimum atomic E-state index is -0.226. The van der Waals surface area contributed by atoms with Crippen LogP contribution in [0.25, 0.3) is 11.3 Å². The first-order chi connectivity index (χ1) is 14.7. The van der Waals surface area contributed by atoms with Gasteiger partial charge in [0.15, 0.2) is 11.5 Å². The zero-order valence-electron chi connectivity index (χ0n) is 16.7. The molecule has 4 aromatic rings. The third-order valence-corrected chi connectivity index (χ3v) is 4.61. The summed E-state index contributed by atoms with van der Waals surface area (Å²) in [5.74, 6) is 1.79. The maximum Gasteiger partial charge on any atom is 0.276 e. The molecule has 4 rings (SSSR count). The van der Waals surface area contributed by atoms with Gasteiger partial charge in [0.05, 0.1) is 19.4 Å². The van der Waals surface area contributed by atoms with E-state index in [2.05, 4.69) is 5.16 Å². The average Bonchev–Trinajstić information content (AvgIpc) is 3.47. The van der Waals surface area contributed by atoms with Crippen LogP contribution in [-0.2, 0) is 13.1 Å². The van der Waals surface area contributed by atoms with Crippen molar-refractivity contribution in [3.05, 3.63) is 96.1 Å². The zero-order chi connectivity index (χ0) is 20.8. The smallest absolute Gasteiger partial charge is 0.276 e. The summed E-state index contributed by atoms with van der Waals surface area (Å²) >= 11 is 0. The van der Waals surface area contributed by atoms with Gasteiger partial charge in [0.1, 0.15) is 11.5 Å². The van der Waals surface area contributed by atoms with Crippen molar-refractivity contribution in [2.45, 2.75) is 20.0 Å². The molecule has 0 aliphatic carbocycles. The molecule has 0 N–H and O–H groups in total. The van der Waals surface area contributed by atoms with Gasteiger partial charge < -0.3 is 18.6 Å². The number of carbonyl (C=O) groups excluding carboxylic acids is 1. The fraction of sp³-hybridized carbons (Fsp3) is 0.167. The predicted molar refractivity (Wildman–Crippen MR) is 112 cm³/mol. The number of furan rings is 1. The molecule has 0 aliphatic heterocycles. The molecule has 0 bridgehead atoms. The summed E-state index contributed by atoms with van der Waals surface area (Å²) in [5, 5.41) is 4.01. The molecular formula is C24H22N2O4. The summed E-state index contributed by atoms with van der Waals surface area (Å²) < 4.78 is 16.4. The molecule has 152 valence electrons. The Morgan fingerprint density at radius 1 is 1.00 bits per heavy atom. The summed E-state index contributed by atoms with van der Waals surface area (Å²) in [5.41, 5.74) is 2.10. The number of nitrogens with zero attached hydrogens (tertiary/aromatic N) is 2. The van der Waals surface area contributed by atoms with Gasteiger partial charge in [0, 0.05) is 18.2 Å². The lowest BCUT2D eigenvalue weighted by Crippen LogP contribution is -2.30. The van der Waals surface area contributed by atoms with Crippen molar-refractivity contribution in [3.63, 3.8) is 0 Å². The summed E-state index contributed by atoms with van der Waals surface area (Å²) in [6.07, 6.45) is 1.60. The fourth-order valence-corrected chi connectivity index (χ4v) is 3.15. The Morgan fingerprint density at radius 2 is 1.80 bits per heavy atom. The fourth-order valence-electron chi connectivity index (χ4n) is 3.15. The van der Waals surface area contributed by atoms with Gasteiger partial charge >= 0.3 is 0 Å². The van der Waals surface area contributed by atoms with Gasteiger partial charge in [-0.3, -0.25) is 4.79 Å². The lowest BCUT2D eigenvalue weighted by molar-refractivity contribution is 0.0707. The SMILES string of the molecule is CCOc1ccc(-c2cc(C(=O)N(Cc3ccccc3)Cc3ccco3)no2)cc1. The van der Waals surface area contributed by atoms with E-state index in [9.17, 15) is 4.79 Å². The van der Waals surface area contributed by atoms with Crippen LogP contribution in [0, 0.1) is 0 Å². The number of amides is 1. The third kappa shape index (κ3) is 4.60. The first-order valence-electron chi connectivity index (χ1n) is 9.78. The molecule has 2 aromatic carbocycles. The van der Waals surface area contributed by atoms with Crippen LogP contribution in [0.15, 0.2) is 88.0 Å². The van der Waals surface area contributed by atoms with Gasteiger partial charge in [-0.05, 0) is 48.9 Å². The molecule has 0 saturated carbocycles. The van der Waals surface area contributed by atoms with Gasteiger partial charge in [-0.15, -0.1) is 0 Å². The van der Waals surface area contributed by atoms with E-state index >= 15 is 0 Å². The van der Waals surface area contributed by atoms with Gasteiger partial charge in [-0.2, -0.15) is 0 Å². The Morgan fingerprint density at radius 3 is 2.50 bits per heavy atom. The monoisotopic (exact) mass is 402 g/mol. The van der Waals surface area contributed by atoms with Gasteiger partial charge in [-0.25, -0.2) is 0 Å². The average molecular weight is 402 g/mol. The molecule has 6 nitrogen and oxygen atoms in total. The molecule has 6 heteroatoms. The zero-order valence-corrected chi connectivity index (χ0v) is 16.7. The first-order valence-corrected chi connectivity index (χ1v) is 9.78. The third-order valence-electron chi connectivity index (χ3n) is 4.61. The Hall–Kier alpha value is -3.80. The van der Waals surface area contributed by atoms with E-state index in [4.69, 9.17) is 13.7 Å². The van der Waals surface area contributed by atoms with Crippen molar-refractivity contribution in [2.75, 3.05) is 6.61 Å². The highest BCUT2D eigenvalue weighted by Gasteiger charge is 2.22. The van der Waals surface area contributed by atoms with Crippen LogP contribution in [0.5, 0.6) is 5.75 Å². The maximum atomic E-state index is 13.2. The number of carbonyl (C=O) groups is 1. The molecule has 2 heterocycles. The Kier molecular flexibility index (Phi) is 5.94. The Bertz CT molecular complexity index is 1070. The number of aromatic nitrogens is 1. The van der Waals surface area contributed by atoms with Crippen LogP contribution in [0.1, 0.15) is 28.7 Å². The topological polar surface area (TPSA) is 68.7 Å². The maximum absolute atomic E-state index is 13.2. The highest BCUT2D eigenvalue weighted by Crippen LogP contribution is 2.24. The standard InChI is InChI=1S/C24H22N2O4/c1-2-28-20-12-10-19(11-13-20)23-15-22(25-30-23)24(27)26(17-21-9-6-14-29-21)16-18-7-4-3-5-8-18/h3-15H,2,16-17H2,1H3. The second kappa shape index (κ2) is 9.13. The molecule has 2 aromatic heterocycles.